The fourth-order valence-electron chi connectivity index (χ4n) is 2.24. The summed E-state index contributed by atoms with van der Waals surface area (Å²) >= 11 is 0. The Morgan fingerprint density at radius 1 is 1.44 bits per heavy atom. The first-order valence-electron chi connectivity index (χ1n) is 6.17. The summed E-state index contributed by atoms with van der Waals surface area (Å²) in [5.74, 6) is 0.185. The van der Waals surface area contributed by atoms with Gasteiger partial charge in [0.15, 0.2) is 5.78 Å². The zero-order chi connectivity index (χ0) is 13.3. The molecule has 18 heavy (non-hydrogen) atoms. The highest BCUT2D eigenvalue weighted by molar-refractivity contribution is 5.99. The lowest BCUT2D eigenvalue weighted by atomic mass is 9.96. The molecule has 2 N–H and O–H groups in total. The van der Waals surface area contributed by atoms with Crippen molar-refractivity contribution in [1.82, 2.24) is 0 Å². The molecule has 1 heterocycles. The predicted octanol–water partition coefficient (Wildman–Crippen LogP) is 1.52. The van der Waals surface area contributed by atoms with Crippen LogP contribution in [0.25, 0.3) is 0 Å². The number of benzene rings is 1. The van der Waals surface area contributed by atoms with Crippen LogP contribution in [-0.2, 0) is 11.2 Å². The van der Waals surface area contributed by atoms with Crippen molar-refractivity contribution >= 4 is 17.4 Å². The minimum Gasteiger partial charge on any atom is -0.328 e. The average molecular weight is 246 g/mol. The van der Waals surface area contributed by atoms with Gasteiger partial charge in [0, 0.05) is 37.2 Å². The van der Waals surface area contributed by atoms with Gasteiger partial charge in [0.2, 0.25) is 5.91 Å². The zero-order valence-corrected chi connectivity index (χ0v) is 10.8. The third-order valence-corrected chi connectivity index (χ3v) is 3.25. The monoisotopic (exact) mass is 246 g/mol. The third kappa shape index (κ3) is 2.43. The number of anilines is 1. The number of hydrogen-bond donors (Lipinski definition) is 1. The fourth-order valence-corrected chi connectivity index (χ4v) is 2.24. The first kappa shape index (κ1) is 12.8. The Morgan fingerprint density at radius 3 is 2.83 bits per heavy atom. The molecule has 4 heteroatoms. The lowest BCUT2D eigenvalue weighted by Crippen LogP contribution is -2.31. The SMILES string of the molecule is CC(N)CC(=O)c1ccc2c(c1)CCC(=O)N2C. The molecule has 0 radical (unpaired) electrons. The van der Waals surface area contributed by atoms with Gasteiger partial charge in [0.05, 0.1) is 0 Å². The molecule has 0 aliphatic carbocycles. The van der Waals surface area contributed by atoms with Crippen molar-refractivity contribution in [2.75, 3.05) is 11.9 Å². The van der Waals surface area contributed by atoms with Crippen molar-refractivity contribution in [2.45, 2.75) is 32.2 Å². The molecular weight excluding hydrogens is 228 g/mol. The van der Waals surface area contributed by atoms with E-state index in [-0.39, 0.29) is 17.7 Å². The molecule has 0 fully saturated rings. The molecule has 1 aliphatic heterocycles. The minimum atomic E-state index is -0.127. The zero-order valence-electron chi connectivity index (χ0n) is 10.8. The van der Waals surface area contributed by atoms with Gasteiger partial charge in [-0.3, -0.25) is 9.59 Å². The van der Waals surface area contributed by atoms with Gasteiger partial charge in [0.1, 0.15) is 0 Å². The first-order chi connectivity index (χ1) is 8.49. The Balaban J connectivity index is 2.28. The summed E-state index contributed by atoms with van der Waals surface area (Å²) in [7, 11) is 1.77. The Bertz CT molecular complexity index is 495. The molecule has 0 aromatic heterocycles. The van der Waals surface area contributed by atoms with Gasteiger partial charge in [-0.25, -0.2) is 0 Å². The van der Waals surface area contributed by atoms with E-state index in [0.29, 0.717) is 24.8 Å². The van der Waals surface area contributed by atoms with Crippen LogP contribution in [0.1, 0.15) is 35.7 Å². The summed E-state index contributed by atoms with van der Waals surface area (Å²) < 4.78 is 0. The average Bonchev–Trinajstić information content (AvgIpc) is 2.32. The van der Waals surface area contributed by atoms with Gasteiger partial charge in [-0.15, -0.1) is 0 Å². The third-order valence-electron chi connectivity index (χ3n) is 3.25. The maximum Gasteiger partial charge on any atom is 0.227 e. The lowest BCUT2D eigenvalue weighted by Gasteiger charge is -2.26. The Labute approximate surface area is 107 Å². The number of nitrogens with zero attached hydrogens (tertiary/aromatic N) is 1. The molecule has 0 saturated carbocycles. The van der Waals surface area contributed by atoms with Gasteiger partial charge in [0.25, 0.3) is 0 Å². The minimum absolute atomic E-state index is 0.0624. The van der Waals surface area contributed by atoms with E-state index in [4.69, 9.17) is 5.73 Å². The quantitative estimate of drug-likeness (QED) is 0.822. The van der Waals surface area contributed by atoms with Gasteiger partial charge in [-0.1, -0.05) is 0 Å². The van der Waals surface area contributed by atoms with Gasteiger partial charge in [-0.05, 0) is 37.1 Å². The van der Waals surface area contributed by atoms with Crippen LogP contribution in [0.3, 0.4) is 0 Å². The summed E-state index contributed by atoms with van der Waals surface area (Å²) in [6.07, 6.45) is 1.57. The van der Waals surface area contributed by atoms with Crippen molar-refractivity contribution in [3.63, 3.8) is 0 Å². The number of carbonyl (C=O) groups excluding carboxylic acids is 2. The molecule has 0 bridgehead atoms. The highest BCUT2D eigenvalue weighted by Gasteiger charge is 2.21. The van der Waals surface area contributed by atoms with Crippen LogP contribution >= 0.6 is 0 Å². The van der Waals surface area contributed by atoms with E-state index in [9.17, 15) is 9.59 Å². The molecule has 1 unspecified atom stereocenters. The Morgan fingerprint density at radius 2 is 2.17 bits per heavy atom. The van der Waals surface area contributed by atoms with Crippen molar-refractivity contribution in [1.29, 1.82) is 0 Å². The van der Waals surface area contributed by atoms with Crippen LogP contribution < -0.4 is 10.6 Å². The maximum atomic E-state index is 11.9. The Kier molecular flexibility index (Phi) is 3.48. The normalized spacial score (nSPS) is 16.4. The highest BCUT2D eigenvalue weighted by atomic mass is 16.2. The van der Waals surface area contributed by atoms with Crippen molar-refractivity contribution in [3.05, 3.63) is 29.3 Å². The van der Waals surface area contributed by atoms with E-state index in [2.05, 4.69) is 0 Å². The summed E-state index contributed by atoms with van der Waals surface area (Å²) in [6, 6.07) is 5.39. The summed E-state index contributed by atoms with van der Waals surface area (Å²) in [5.41, 5.74) is 8.29. The smallest absolute Gasteiger partial charge is 0.227 e. The number of fused-ring (bicyclic) bond motifs is 1. The van der Waals surface area contributed by atoms with Crippen LogP contribution in [-0.4, -0.2) is 24.8 Å². The van der Waals surface area contributed by atoms with Crippen LogP contribution in [0.15, 0.2) is 18.2 Å². The number of hydrogen-bond acceptors (Lipinski definition) is 3. The molecule has 0 spiro atoms. The van der Waals surface area contributed by atoms with Crippen LogP contribution in [0.5, 0.6) is 0 Å². The van der Waals surface area contributed by atoms with Crippen LogP contribution in [0, 0.1) is 0 Å². The number of ketones is 1. The summed E-state index contributed by atoms with van der Waals surface area (Å²) in [5, 5.41) is 0. The first-order valence-corrected chi connectivity index (χ1v) is 6.17. The van der Waals surface area contributed by atoms with Crippen molar-refractivity contribution in [3.8, 4) is 0 Å². The molecule has 1 atom stereocenters. The van der Waals surface area contributed by atoms with Crippen LogP contribution in [0.2, 0.25) is 0 Å². The van der Waals surface area contributed by atoms with Gasteiger partial charge >= 0.3 is 0 Å². The van der Waals surface area contributed by atoms with Gasteiger partial charge < -0.3 is 10.6 Å². The molecule has 2 rings (SSSR count). The van der Waals surface area contributed by atoms with E-state index < -0.39 is 0 Å². The predicted molar refractivity (Wildman–Crippen MR) is 70.8 cm³/mol. The molecule has 0 saturated heterocycles. The summed E-state index contributed by atoms with van der Waals surface area (Å²) in [4.78, 5) is 25.1. The molecule has 1 aromatic rings. The standard InChI is InChI=1S/C14H18N2O2/c1-9(15)7-13(17)11-3-5-12-10(8-11)4-6-14(18)16(12)2/h3,5,8-9H,4,6-7,15H2,1-2H3. The Hall–Kier alpha value is -1.68. The maximum absolute atomic E-state index is 11.9. The van der Waals surface area contributed by atoms with E-state index in [1.807, 2.05) is 19.1 Å². The number of amides is 1. The number of carbonyl (C=O) groups is 2. The number of rotatable bonds is 3. The largest absolute Gasteiger partial charge is 0.328 e. The number of Topliss-reactive ketones (excluding diaryl/α,β-unsaturated/α-hetero) is 1. The molecule has 4 nitrogen and oxygen atoms in total. The molecular formula is C14H18N2O2. The molecule has 96 valence electrons. The summed E-state index contributed by atoms with van der Waals surface area (Å²) in [6.45, 7) is 1.82. The van der Waals surface area contributed by atoms with E-state index in [0.717, 1.165) is 11.3 Å². The lowest BCUT2D eigenvalue weighted by molar-refractivity contribution is -0.118. The number of nitrogens with two attached hydrogens (primary N) is 1. The van der Waals surface area contributed by atoms with E-state index >= 15 is 0 Å². The molecule has 1 aliphatic rings. The molecule has 1 amide bonds. The molecule has 1 aromatic carbocycles. The van der Waals surface area contributed by atoms with Crippen LogP contribution in [0.4, 0.5) is 5.69 Å². The fraction of sp³-hybridized carbons (Fsp3) is 0.429. The van der Waals surface area contributed by atoms with E-state index in [1.54, 1.807) is 18.0 Å². The topological polar surface area (TPSA) is 63.4 Å². The number of aryl methyl sites for hydroxylation is 1. The van der Waals surface area contributed by atoms with Gasteiger partial charge in [-0.2, -0.15) is 0 Å². The van der Waals surface area contributed by atoms with E-state index in [1.165, 1.54) is 0 Å². The van der Waals surface area contributed by atoms with Crippen molar-refractivity contribution < 1.29 is 9.59 Å². The second kappa shape index (κ2) is 4.90. The second-order valence-corrected chi connectivity index (χ2v) is 4.90. The second-order valence-electron chi connectivity index (χ2n) is 4.90. The highest BCUT2D eigenvalue weighted by Crippen LogP contribution is 2.27. The van der Waals surface area contributed by atoms with Crippen molar-refractivity contribution in [2.24, 2.45) is 5.73 Å².